The molecule has 2 aromatic rings. The van der Waals surface area contributed by atoms with Gasteiger partial charge < -0.3 is 10.2 Å². The molecule has 0 radical (unpaired) electrons. The third-order valence-electron chi connectivity index (χ3n) is 4.41. The number of carbonyl (C=O) groups is 1. The van der Waals surface area contributed by atoms with Crippen molar-refractivity contribution in [1.82, 2.24) is 20.0 Å². The molecule has 1 aliphatic heterocycles. The van der Waals surface area contributed by atoms with Crippen molar-refractivity contribution in [2.45, 2.75) is 26.3 Å². The predicted octanol–water partition coefficient (Wildman–Crippen LogP) is 1.92. The average Bonchev–Trinajstić information content (AvgIpc) is 3.15. The van der Waals surface area contributed by atoms with E-state index in [0.29, 0.717) is 0 Å². The Morgan fingerprint density at radius 2 is 2.05 bits per heavy atom. The maximum absolute atomic E-state index is 12.9. The van der Waals surface area contributed by atoms with Crippen LogP contribution < -0.4 is 5.32 Å². The number of amides is 1. The zero-order valence-electron chi connectivity index (χ0n) is 13.3. The molecule has 1 N–H and O–H groups in total. The molecule has 0 saturated carbocycles. The lowest BCUT2D eigenvalue weighted by Gasteiger charge is -2.24. The predicted molar refractivity (Wildman–Crippen MR) is 86.4 cm³/mol. The number of benzene rings is 1. The number of aromatic nitrogens is 2. The van der Waals surface area contributed by atoms with Crippen molar-refractivity contribution < 1.29 is 4.79 Å². The van der Waals surface area contributed by atoms with Gasteiger partial charge in [-0.1, -0.05) is 18.2 Å². The summed E-state index contributed by atoms with van der Waals surface area (Å²) in [4.78, 5) is 14.7. The lowest BCUT2D eigenvalue weighted by Crippen LogP contribution is -2.38. The molecule has 1 atom stereocenters. The highest BCUT2D eigenvalue weighted by molar-refractivity contribution is 5.96. The molecule has 3 rings (SSSR count). The molecule has 0 spiro atoms. The normalized spacial score (nSPS) is 17.7. The molecule has 116 valence electrons. The summed E-state index contributed by atoms with van der Waals surface area (Å²) in [5.74, 6) is 0.0610. The van der Waals surface area contributed by atoms with Crippen LogP contribution in [0.1, 0.15) is 28.2 Å². The van der Waals surface area contributed by atoms with Gasteiger partial charge in [-0.25, -0.2) is 4.68 Å². The van der Waals surface area contributed by atoms with Crippen molar-refractivity contribution in [2.24, 2.45) is 0 Å². The number of nitrogens with one attached hydrogen (secondary N) is 1. The van der Waals surface area contributed by atoms with Crippen molar-refractivity contribution in [1.29, 1.82) is 0 Å². The SMILES string of the molecule is Cc1nn(-c2ccccc2)c(C)c1C(=O)N(C)C1CCNC1. The van der Waals surface area contributed by atoms with E-state index >= 15 is 0 Å². The van der Waals surface area contributed by atoms with Crippen LogP contribution >= 0.6 is 0 Å². The van der Waals surface area contributed by atoms with Gasteiger partial charge in [0.05, 0.1) is 22.6 Å². The number of rotatable bonds is 3. The first-order valence-electron chi connectivity index (χ1n) is 7.69. The van der Waals surface area contributed by atoms with E-state index < -0.39 is 0 Å². The van der Waals surface area contributed by atoms with Crippen LogP contribution in [-0.4, -0.2) is 46.8 Å². The molecule has 5 nitrogen and oxygen atoms in total. The van der Waals surface area contributed by atoms with Crippen molar-refractivity contribution in [3.05, 3.63) is 47.3 Å². The second-order valence-electron chi connectivity index (χ2n) is 5.86. The van der Waals surface area contributed by atoms with Gasteiger partial charge in [-0.05, 0) is 38.9 Å². The lowest BCUT2D eigenvalue weighted by molar-refractivity contribution is 0.0742. The number of likely N-dealkylation sites (N-methyl/N-ethyl adjacent to an activating group) is 1. The van der Waals surface area contributed by atoms with Gasteiger partial charge in [0.1, 0.15) is 0 Å². The van der Waals surface area contributed by atoms with Gasteiger partial charge in [0.2, 0.25) is 0 Å². The minimum atomic E-state index is 0.0610. The van der Waals surface area contributed by atoms with Crippen LogP contribution in [0, 0.1) is 13.8 Å². The summed E-state index contributed by atoms with van der Waals surface area (Å²) < 4.78 is 1.85. The third kappa shape index (κ3) is 2.52. The molecule has 1 aromatic carbocycles. The summed E-state index contributed by atoms with van der Waals surface area (Å²) in [6.45, 7) is 5.71. The molecule has 1 saturated heterocycles. The summed E-state index contributed by atoms with van der Waals surface area (Å²) in [6, 6.07) is 10.2. The zero-order chi connectivity index (χ0) is 15.7. The quantitative estimate of drug-likeness (QED) is 0.942. The Labute approximate surface area is 130 Å². The molecule has 1 unspecified atom stereocenters. The van der Waals surface area contributed by atoms with Crippen molar-refractivity contribution >= 4 is 5.91 Å². The monoisotopic (exact) mass is 298 g/mol. The fourth-order valence-corrected chi connectivity index (χ4v) is 3.08. The van der Waals surface area contributed by atoms with E-state index in [2.05, 4.69) is 10.4 Å². The van der Waals surface area contributed by atoms with E-state index in [0.717, 1.165) is 42.1 Å². The van der Waals surface area contributed by atoms with Crippen LogP contribution in [0.5, 0.6) is 0 Å². The van der Waals surface area contributed by atoms with Crippen molar-refractivity contribution in [3.8, 4) is 5.69 Å². The van der Waals surface area contributed by atoms with Crippen molar-refractivity contribution in [3.63, 3.8) is 0 Å². The first kappa shape index (κ1) is 14.8. The van der Waals surface area contributed by atoms with E-state index in [-0.39, 0.29) is 11.9 Å². The Balaban J connectivity index is 1.94. The number of hydrogen-bond donors (Lipinski definition) is 1. The fourth-order valence-electron chi connectivity index (χ4n) is 3.08. The van der Waals surface area contributed by atoms with Gasteiger partial charge in [0.15, 0.2) is 0 Å². The van der Waals surface area contributed by atoms with Crippen LogP contribution in [0.4, 0.5) is 0 Å². The third-order valence-corrected chi connectivity index (χ3v) is 4.41. The number of hydrogen-bond acceptors (Lipinski definition) is 3. The van der Waals surface area contributed by atoms with Crippen LogP contribution in [0.25, 0.3) is 5.69 Å². The summed E-state index contributed by atoms with van der Waals surface area (Å²) in [5, 5.41) is 7.87. The Kier molecular flexibility index (Phi) is 3.98. The number of aryl methyl sites for hydroxylation is 1. The smallest absolute Gasteiger partial charge is 0.257 e. The largest absolute Gasteiger partial charge is 0.337 e. The summed E-state index contributed by atoms with van der Waals surface area (Å²) in [7, 11) is 1.89. The summed E-state index contributed by atoms with van der Waals surface area (Å²) in [6.07, 6.45) is 1.01. The summed E-state index contributed by atoms with van der Waals surface area (Å²) >= 11 is 0. The van der Waals surface area contributed by atoms with E-state index in [1.807, 2.05) is 60.8 Å². The number of carbonyl (C=O) groups excluding carboxylic acids is 1. The molecule has 2 heterocycles. The van der Waals surface area contributed by atoms with Gasteiger partial charge in [-0.2, -0.15) is 5.10 Å². The van der Waals surface area contributed by atoms with Crippen LogP contribution in [0.2, 0.25) is 0 Å². The fraction of sp³-hybridized carbons (Fsp3) is 0.412. The Morgan fingerprint density at radius 3 is 2.68 bits per heavy atom. The molecule has 5 heteroatoms. The minimum Gasteiger partial charge on any atom is -0.337 e. The highest BCUT2D eigenvalue weighted by atomic mass is 16.2. The van der Waals surface area contributed by atoms with Gasteiger partial charge in [0.25, 0.3) is 5.91 Å². The average molecular weight is 298 g/mol. The first-order valence-corrected chi connectivity index (χ1v) is 7.69. The summed E-state index contributed by atoms with van der Waals surface area (Å²) in [5.41, 5.74) is 3.38. The van der Waals surface area contributed by atoms with Gasteiger partial charge in [0, 0.05) is 19.6 Å². The molecular formula is C17H22N4O. The highest BCUT2D eigenvalue weighted by Gasteiger charge is 2.28. The van der Waals surface area contributed by atoms with Crippen LogP contribution in [-0.2, 0) is 0 Å². The molecule has 0 bridgehead atoms. The maximum atomic E-state index is 12.9. The minimum absolute atomic E-state index is 0.0610. The lowest BCUT2D eigenvalue weighted by atomic mass is 10.1. The first-order chi connectivity index (χ1) is 10.6. The molecule has 1 aromatic heterocycles. The second kappa shape index (κ2) is 5.93. The highest BCUT2D eigenvalue weighted by Crippen LogP contribution is 2.21. The maximum Gasteiger partial charge on any atom is 0.257 e. The Morgan fingerprint density at radius 1 is 1.32 bits per heavy atom. The van der Waals surface area contributed by atoms with Gasteiger partial charge in [-0.3, -0.25) is 4.79 Å². The number of nitrogens with zero attached hydrogens (tertiary/aromatic N) is 3. The van der Waals surface area contributed by atoms with Gasteiger partial charge >= 0.3 is 0 Å². The Hall–Kier alpha value is -2.14. The second-order valence-corrected chi connectivity index (χ2v) is 5.86. The molecule has 1 aliphatic rings. The molecular weight excluding hydrogens is 276 g/mol. The van der Waals surface area contributed by atoms with E-state index in [9.17, 15) is 4.79 Å². The molecule has 1 fully saturated rings. The standard InChI is InChI=1S/C17H22N4O/c1-12-16(17(22)20(3)15-9-10-18-11-15)13(2)21(19-12)14-7-5-4-6-8-14/h4-8,15,18H,9-11H2,1-3H3. The van der Waals surface area contributed by atoms with Crippen LogP contribution in [0.3, 0.4) is 0 Å². The zero-order valence-corrected chi connectivity index (χ0v) is 13.3. The molecule has 22 heavy (non-hydrogen) atoms. The van der Waals surface area contributed by atoms with Gasteiger partial charge in [-0.15, -0.1) is 0 Å². The van der Waals surface area contributed by atoms with E-state index in [4.69, 9.17) is 0 Å². The van der Waals surface area contributed by atoms with E-state index in [1.165, 1.54) is 0 Å². The molecule has 0 aliphatic carbocycles. The van der Waals surface area contributed by atoms with Crippen LogP contribution in [0.15, 0.2) is 30.3 Å². The van der Waals surface area contributed by atoms with E-state index in [1.54, 1.807) is 0 Å². The molecule has 1 amide bonds. The van der Waals surface area contributed by atoms with Crippen molar-refractivity contribution in [2.75, 3.05) is 20.1 Å². The Bertz CT molecular complexity index is 671. The topological polar surface area (TPSA) is 50.2 Å². The number of para-hydroxylation sites is 1.